The van der Waals surface area contributed by atoms with Gasteiger partial charge >= 0.3 is 0 Å². The Labute approximate surface area is 154 Å². The molecule has 26 heavy (non-hydrogen) atoms. The Morgan fingerprint density at radius 1 is 1.12 bits per heavy atom. The normalized spacial score (nSPS) is 11.5. The maximum atomic E-state index is 12.2. The Morgan fingerprint density at radius 3 is 2.73 bits per heavy atom. The molecule has 3 rings (SSSR count). The minimum atomic E-state index is -3.78. The fourth-order valence-corrected chi connectivity index (χ4v) is 4.23. The molecule has 0 spiro atoms. The van der Waals surface area contributed by atoms with Gasteiger partial charge in [-0.1, -0.05) is 18.2 Å². The van der Waals surface area contributed by atoms with Crippen LogP contribution in [0, 0.1) is 10.1 Å². The Bertz CT molecular complexity index is 1030. The summed E-state index contributed by atoms with van der Waals surface area (Å²) in [5, 5.41) is 15.0. The van der Waals surface area contributed by atoms with Crippen molar-refractivity contribution in [2.75, 3.05) is 18.4 Å². The third kappa shape index (κ3) is 4.15. The average Bonchev–Trinajstić information content (AvgIpc) is 3.05. The molecule has 0 unspecified atom stereocenters. The number of nitro benzene ring substituents is 1. The third-order valence-corrected chi connectivity index (χ3v) is 5.94. The molecule has 0 saturated heterocycles. The molecule has 1 heterocycles. The number of aromatic nitrogens is 1. The predicted octanol–water partition coefficient (Wildman–Crippen LogP) is 2.99. The molecule has 0 atom stereocenters. The van der Waals surface area contributed by atoms with E-state index in [4.69, 9.17) is 0 Å². The zero-order chi connectivity index (χ0) is 18.6. The summed E-state index contributed by atoms with van der Waals surface area (Å²) in [7, 11) is -3.78. The van der Waals surface area contributed by atoms with E-state index in [1.165, 1.54) is 29.7 Å². The van der Waals surface area contributed by atoms with Gasteiger partial charge < -0.3 is 5.32 Å². The quantitative estimate of drug-likeness (QED) is 0.346. The molecular formula is C16H16N4O4S2. The average molecular weight is 392 g/mol. The smallest absolute Gasteiger partial charge is 0.270 e. The van der Waals surface area contributed by atoms with Gasteiger partial charge in [0.25, 0.3) is 5.69 Å². The number of fused-ring (bicyclic) bond motifs is 1. The summed E-state index contributed by atoms with van der Waals surface area (Å²) in [6.45, 7) is 0.755. The van der Waals surface area contributed by atoms with Crippen molar-refractivity contribution in [3.8, 4) is 0 Å². The van der Waals surface area contributed by atoms with Gasteiger partial charge in [-0.25, -0.2) is 13.1 Å². The summed E-state index contributed by atoms with van der Waals surface area (Å²) in [6.07, 6.45) is 0.542. The topological polar surface area (TPSA) is 114 Å². The predicted molar refractivity (Wildman–Crippen MR) is 101 cm³/mol. The van der Waals surface area contributed by atoms with E-state index in [1.807, 2.05) is 24.3 Å². The molecular weight excluding hydrogens is 376 g/mol. The lowest BCUT2D eigenvalue weighted by atomic mass is 10.2. The first kappa shape index (κ1) is 18.2. The second-order valence-electron chi connectivity index (χ2n) is 5.46. The number of benzene rings is 2. The van der Waals surface area contributed by atoms with E-state index >= 15 is 0 Å². The van der Waals surface area contributed by atoms with Crippen molar-refractivity contribution >= 4 is 43.1 Å². The van der Waals surface area contributed by atoms with Crippen LogP contribution in [0.2, 0.25) is 0 Å². The van der Waals surface area contributed by atoms with Crippen molar-refractivity contribution in [1.29, 1.82) is 0 Å². The second-order valence-corrected chi connectivity index (χ2v) is 8.03. The van der Waals surface area contributed by atoms with Gasteiger partial charge in [-0.2, -0.15) is 4.37 Å². The van der Waals surface area contributed by atoms with Crippen molar-refractivity contribution in [2.24, 2.45) is 0 Å². The van der Waals surface area contributed by atoms with Crippen LogP contribution in [-0.2, 0) is 10.0 Å². The van der Waals surface area contributed by atoms with E-state index in [0.29, 0.717) is 13.0 Å². The molecule has 2 N–H and O–H groups in total. The number of rotatable bonds is 8. The van der Waals surface area contributed by atoms with Crippen LogP contribution >= 0.6 is 11.5 Å². The van der Waals surface area contributed by atoms with E-state index in [0.717, 1.165) is 22.0 Å². The number of nitrogens with one attached hydrogen (secondary N) is 2. The van der Waals surface area contributed by atoms with Crippen molar-refractivity contribution < 1.29 is 13.3 Å². The van der Waals surface area contributed by atoms with E-state index in [-0.39, 0.29) is 17.1 Å². The van der Waals surface area contributed by atoms with Crippen LogP contribution in [0.15, 0.2) is 53.4 Å². The maximum absolute atomic E-state index is 12.2. The molecule has 0 bridgehead atoms. The molecule has 0 aliphatic carbocycles. The molecule has 0 aliphatic heterocycles. The first-order valence-corrected chi connectivity index (χ1v) is 10.1. The zero-order valence-electron chi connectivity index (χ0n) is 13.6. The highest BCUT2D eigenvalue weighted by atomic mass is 32.2. The number of hydrogen-bond acceptors (Lipinski definition) is 7. The largest absolute Gasteiger partial charge is 0.369 e. The van der Waals surface area contributed by atoms with Crippen molar-refractivity contribution in [2.45, 2.75) is 11.3 Å². The van der Waals surface area contributed by atoms with E-state index in [9.17, 15) is 18.5 Å². The van der Waals surface area contributed by atoms with E-state index in [2.05, 4.69) is 14.4 Å². The highest BCUT2D eigenvalue weighted by Crippen LogP contribution is 2.25. The summed E-state index contributed by atoms with van der Waals surface area (Å²) in [4.78, 5) is 10.0. The number of nitro groups is 1. The second kappa shape index (κ2) is 7.77. The lowest BCUT2D eigenvalue weighted by Crippen LogP contribution is -2.26. The number of sulfonamides is 1. The van der Waals surface area contributed by atoms with Gasteiger partial charge in [0.1, 0.15) is 5.82 Å². The van der Waals surface area contributed by atoms with Gasteiger partial charge in [-0.15, -0.1) is 0 Å². The Kier molecular flexibility index (Phi) is 5.45. The molecule has 10 heteroatoms. The number of non-ortho nitro benzene ring substituents is 1. The van der Waals surface area contributed by atoms with E-state index < -0.39 is 14.9 Å². The molecule has 0 fully saturated rings. The van der Waals surface area contributed by atoms with Crippen molar-refractivity contribution in [1.82, 2.24) is 9.10 Å². The summed E-state index contributed by atoms with van der Waals surface area (Å²) in [6, 6.07) is 12.8. The van der Waals surface area contributed by atoms with Crippen LogP contribution in [0.5, 0.6) is 0 Å². The van der Waals surface area contributed by atoms with Gasteiger partial charge in [0, 0.05) is 30.6 Å². The third-order valence-electron chi connectivity index (χ3n) is 3.65. The highest BCUT2D eigenvalue weighted by Gasteiger charge is 2.16. The SMILES string of the molecule is O=[N+]([O-])c1cccc(S(=O)(=O)NCCCNc2nsc3ccccc23)c1. The Morgan fingerprint density at radius 2 is 1.92 bits per heavy atom. The molecule has 8 nitrogen and oxygen atoms in total. The minimum absolute atomic E-state index is 0.120. The summed E-state index contributed by atoms with van der Waals surface area (Å²) < 4.78 is 32.3. The number of anilines is 1. The maximum Gasteiger partial charge on any atom is 0.270 e. The first-order chi connectivity index (χ1) is 12.5. The molecule has 3 aromatic rings. The van der Waals surface area contributed by atoms with Gasteiger partial charge in [0.15, 0.2) is 0 Å². The number of nitrogens with zero attached hydrogens (tertiary/aromatic N) is 2. The van der Waals surface area contributed by atoms with Crippen LogP contribution in [0.25, 0.3) is 10.1 Å². The molecule has 0 aliphatic rings. The van der Waals surface area contributed by atoms with Crippen molar-refractivity contribution in [3.63, 3.8) is 0 Å². The highest BCUT2D eigenvalue weighted by molar-refractivity contribution is 7.89. The summed E-state index contributed by atoms with van der Waals surface area (Å²) >= 11 is 1.40. The molecule has 0 amide bonds. The van der Waals surface area contributed by atoms with E-state index in [1.54, 1.807) is 0 Å². The summed E-state index contributed by atoms with van der Waals surface area (Å²) in [5.41, 5.74) is -0.259. The molecule has 1 aromatic heterocycles. The van der Waals surface area contributed by atoms with Gasteiger partial charge in [-0.05, 0) is 36.2 Å². The monoisotopic (exact) mass is 392 g/mol. The minimum Gasteiger partial charge on any atom is -0.369 e. The van der Waals surface area contributed by atoms with Gasteiger partial charge in [-0.3, -0.25) is 10.1 Å². The first-order valence-electron chi connectivity index (χ1n) is 7.80. The molecule has 136 valence electrons. The standard InChI is InChI=1S/C16H16N4O4S2/c21-20(22)12-5-3-6-13(11-12)26(23,24)18-10-4-9-17-16-14-7-1-2-8-15(14)25-19-16/h1-3,5-8,11,18H,4,9-10H2,(H,17,19). The molecule has 0 saturated carbocycles. The number of hydrogen-bond donors (Lipinski definition) is 2. The molecule has 2 aromatic carbocycles. The lowest BCUT2D eigenvalue weighted by molar-refractivity contribution is -0.385. The summed E-state index contributed by atoms with van der Waals surface area (Å²) in [5.74, 6) is 0.784. The fraction of sp³-hybridized carbons (Fsp3) is 0.188. The zero-order valence-corrected chi connectivity index (χ0v) is 15.2. The lowest BCUT2D eigenvalue weighted by Gasteiger charge is -2.07. The van der Waals surface area contributed by atoms with Crippen LogP contribution in [-0.4, -0.2) is 30.8 Å². The van der Waals surface area contributed by atoms with Crippen LogP contribution in [0.4, 0.5) is 11.5 Å². The fourth-order valence-electron chi connectivity index (χ4n) is 2.36. The Hall–Kier alpha value is -2.56. The van der Waals surface area contributed by atoms with Gasteiger partial charge in [0.05, 0.1) is 14.5 Å². The van der Waals surface area contributed by atoms with Gasteiger partial charge in [0.2, 0.25) is 10.0 Å². The van der Waals surface area contributed by atoms with Crippen LogP contribution in [0.1, 0.15) is 6.42 Å². The van der Waals surface area contributed by atoms with Crippen LogP contribution < -0.4 is 10.0 Å². The molecule has 0 radical (unpaired) electrons. The van der Waals surface area contributed by atoms with Crippen LogP contribution in [0.3, 0.4) is 0 Å². The Balaban J connectivity index is 1.53. The van der Waals surface area contributed by atoms with Crippen molar-refractivity contribution in [3.05, 3.63) is 58.6 Å².